The first kappa shape index (κ1) is 11.9. The molecule has 0 aliphatic rings. The minimum Gasteiger partial charge on any atom is -0.342 e. The molecule has 0 bridgehead atoms. The van der Waals surface area contributed by atoms with Crippen LogP contribution in [0.5, 0.6) is 0 Å². The third-order valence-electron chi connectivity index (χ3n) is 3.21. The van der Waals surface area contributed by atoms with E-state index in [1.165, 1.54) is 6.07 Å². The van der Waals surface area contributed by atoms with Gasteiger partial charge in [-0.3, -0.25) is 0 Å². The lowest BCUT2D eigenvalue weighted by Gasteiger charge is -2.06. The number of aryl methyl sites for hydroxylation is 1. The molecule has 0 spiro atoms. The van der Waals surface area contributed by atoms with E-state index in [-0.39, 0.29) is 12.4 Å². The van der Waals surface area contributed by atoms with Crippen molar-refractivity contribution in [1.29, 1.82) is 0 Å². The number of halogens is 1. The number of para-hydroxylation sites is 1. The molecule has 3 N–H and O–H groups in total. The first-order chi connectivity index (χ1) is 9.19. The van der Waals surface area contributed by atoms with Gasteiger partial charge in [0.15, 0.2) is 0 Å². The van der Waals surface area contributed by atoms with E-state index in [1.54, 1.807) is 12.1 Å². The van der Waals surface area contributed by atoms with Crippen molar-refractivity contribution in [1.82, 2.24) is 9.97 Å². The van der Waals surface area contributed by atoms with Crippen molar-refractivity contribution in [2.24, 2.45) is 5.73 Å². The zero-order chi connectivity index (χ0) is 13.4. The minimum absolute atomic E-state index is 0.190. The molecule has 0 amide bonds. The highest BCUT2D eigenvalue weighted by Gasteiger charge is 2.09. The molecule has 2 aromatic carbocycles. The SMILES string of the molecule is Cc1nc2c(-c3ccc(F)c(CN)c3)cccc2[nH]1. The van der Waals surface area contributed by atoms with Crippen LogP contribution in [-0.4, -0.2) is 9.97 Å². The van der Waals surface area contributed by atoms with Crippen LogP contribution in [0.1, 0.15) is 11.4 Å². The predicted molar refractivity (Wildman–Crippen MR) is 74.1 cm³/mol. The lowest BCUT2D eigenvalue weighted by molar-refractivity contribution is 0.611. The summed E-state index contributed by atoms with van der Waals surface area (Å²) in [6.45, 7) is 2.11. The Bertz CT molecular complexity index is 746. The lowest BCUT2D eigenvalue weighted by atomic mass is 10.0. The Labute approximate surface area is 110 Å². The monoisotopic (exact) mass is 255 g/mol. The highest BCUT2D eigenvalue weighted by atomic mass is 19.1. The van der Waals surface area contributed by atoms with Crippen molar-refractivity contribution in [3.63, 3.8) is 0 Å². The molecule has 0 atom stereocenters. The van der Waals surface area contributed by atoms with Crippen molar-refractivity contribution in [3.8, 4) is 11.1 Å². The molecule has 0 aliphatic heterocycles. The van der Waals surface area contributed by atoms with Crippen molar-refractivity contribution < 1.29 is 4.39 Å². The fraction of sp³-hybridized carbons (Fsp3) is 0.133. The number of hydrogen-bond acceptors (Lipinski definition) is 2. The predicted octanol–water partition coefficient (Wildman–Crippen LogP) is 3.14. The Morgan fingerprint density at radius 1 is 1.26 bits per heavy atom. The maximum absolute atomic E-state index is 13.5. The Morgan fingerprint density at radius 2 is 2.11 bits per heavy atom. The van der Waals surface area contributed by atoms with E-state index in [9.17, 15) is 4.39 Å². The molecule has 3 nitrogen and oxygen atoms in total. The highest BCUT2D eigenvalue weighted by Crippen LogP contribution is 2.28. The van der Waals surface area contributed by atoms with Gasteiger partial charge in [0.2, 0.25) is 0 Å². The molecule has 96 valence electrons. The fourth-order valence-corrected chi connectivity index (χ4v) is 2.29. The smallest absolute Gasteiger partial charge is 0.127 e. The molecule has 0 saturated heterocycles. The second-order valence-corrected chi connectivity index (χ2v) is 4.53. The van der Waals surface area contributed by atoms with Gasteiger partial charge in [-0.25, -0.2) is 9.37 Å². The van der Waals surface area contributed by atoms with Crippen molar-refractivity contribution in [2.75, 3.05) is 0 Å². The summed E-state index contributed by atoms with van der Waals surface area (Å²) < 4.78 is 13.5. The number of rotatable bonds is 2. The van der Waals surface area contributed by atoms with E-state index in [0.717, 1.165) is 28.0 Å². The number of aromatic nitrogens is 2. The van der Waals surface area contributed by atoms with E-state index in [2.05, 4.69) is 9.97 Å². The van der Waals surface area contributed by atoms with E-state index in [0.29, 0.717) is 5.56 Å². The van der Waals surface area contributed by atoms with Gasteiger partial charge in [-0.1, -0.05) is 18.2 Å². The van der Waals surface area contributed by atoms with Crippen molar-refractivity contribution in [3.05, 3.63) is 53.6 Å². The lowest BCUT2D eigenvalue weighted by Crippen LogP contribution is -1.99. The van der Waals surface area contributed by atoms with Crippen LogP contribution < -0.4 is 5.73 Å². The van der Waals surface area contributed by atoms with Gasteiger partial charge in [0.1, 0.15) is 11.6 Å². The van der Waals surface area contributed by atoms with Gasteiger partial charge in [-0.2, -0.15) is 0 Å². The van der Waals surface area contributed by atoms with Gasteiger partial charge >= 0.3 is 0 Å². The standard InChI is InChI=1S/C15H14FN3/c1-9-18-14-4-2-3-12(15(14)19-9)10-5-6-13(16)11(7-10)8-17/h2-7H,8,17H2,1H3,(H,18,19). The third-order valence-corrected chi connectivity index (χ3v) is 3.21. The molecule has 19 heavy (non-hydrogen) atoms. The topological polar surface area (TPSA) is 54.7 Å². The van der Waals surface area contributed by atoms with E-state index in [1.807, 2.05) is 25.1 Å². The summed E-state index contributed by atoms with van der Waals surface area (Å²) in [6, 6.07) is 10.9. The average molecular weight is 255 g/mol. The number of aromatic amines is 1. The highest BCUT2D eigenvalue weighted by molar-refractivity contribution is 5.92. The minimum atomic E-state index is -0.267. The quantitative estimate of drug-likeness (QED) is 0.739. The van der Waals surface area contributed by atoms with Crippen LogP contribution in [0.4, 0.5) is 4.39 Å². The Balaban J connectivity index is 2.24. The first-order valence-electron chi connectivity index (χ1n) is 6.13. The molecule has 3 rings (SSSR count). The Kier molecular flexibility index (Phi) is 2.80. The van der Waals surface area contributed by atoms with Gasteiger partial charge < -0.3 is 10.7 Å². The van der Waals surface area contributed by atoms with Crippen LogP contribution in [-0.2, 0) is 6.54 Å². The number of hydrogen-bond donors (Lipinski definition) is 2. The zero-order valence-electron chi connectivity index (χ0n) is 10.6. The number of H-pyrrole nitrogens is 1. The summed E-state index contributed by atoms with van der Waals surface area (Å²) in [5.41, 5.74) is 9.86. The summed E-state index contributed by atoms with van der Waals surface area (Å²) in [5.74, 6) is 0.597. The summed E-state index contributed by atoms with van der Waals surface area (Å²) in [7, 11) is 0. The van der Waals surface area contributed by atoms with E-state index in [4.69, 9.17) is 5.73 Å². The number of benzene rings is 2. The van der Waals surface area contributed by atoms with Gasteiger partial charge in [0.05, 0.1) is 11.0 Å². The van der Waals surface area contributed by atoms with Gasteiger partial charge in [0, 0.05) is 17.7 Å². The van der Waals surface area contributed by atoms with Crippen LogP contribution in [0.15, 0.2) is 36.4 Å². The summed E-state index contributed by atoms with van der Waals surface area (Å²) >= 11 is 0. The molecular formula is C15H14FN3. The van der Waals surface area contributed by atoms with E-state index >= 15 is 0 Å². The van der Waals surface area contributed by atoms with E-state index < -0.39 is 0 Å². The Hall–Kier alpha value is -2.20. The first-order valence-corrected chi connectivity index (χ1v) is 6.13. The molecule has 0 fully saturated rings. The number of imidazole rings is 1. The Morgan fingerprint density at radius 3 is 2.89 bits per heavy atom. The number of nitrogens with zero attached hydrogens (tertiary/aromatic N) is 1. The molecule has 3 aromatic rings. The fourth-order valence-electron chi connectivity index (χ4n) is 2.29. The third kappa shape index (κ3) is 2.00. The van der Waals surface area contributed by atoms with Crippen molar-refractivity contribution in [2.45, 2.75) is 13.5 Å². The van der Waals surface area contributed by atoms with Gasteiger partial charge in [-0.15, -0.1) is 0 Å². The number of fused-ring (bicyclic) bond motifs is 1. The molecule has 0 radical (unpaired) electrons. The normalized spacial score (nSPS) is 11.1. The molecule has 4 heteroatoms. The van der Waals surface area contributed by atoms with Crippen molar-refractivity contribution >= 4 is 11.0 Å². The van der Waals surface area contributed by atoms with Crippen LogP contribution >= 0.6 is 0 Å². The summed E-state index contributed by atoms with van der Waals surface area (Å²) in [6.07, 6.45) is 0. The zero-order valence-corrected chi connectivity index (χ0v) is 10.6. The van der Waals surface area contributed by atoms with Crippen LogP contribution in [0.3, 0.4) is 0 Å². The molecular weight excluding hydrogens is 241 g/mol. The van der Waals surface area contributed by atoms with Crippen LogP contribution in [0.25, 0.3) is 22.2 Å². The van der Waals surface area contributed by atoms with Gasteiger partial charge in [-0.05, 0) is 30.7 Å². The molecule has 0 saturated carbocycles. The van der Waals surface area contributed by atoms with Crippen LogP contribution in [0.2, 0.25) is 0 Å². The second kappa shape index (κ2) is 4.48. The molecule has 1 heterocycles. The summed E-state index contributed by atoms with van der Waals surface area (Å²) in [5, 5.41) is 0. The molecule has 0 unspecified atom stereocenters. The molecule has 1 aromatic heterocycles. The van der Waals surface area contributed by atoms with Gasteiger partial charge in [0.25, 0.3) is 0 Å². The maximum atomic E-state index is 13.5. The number of nitrogens with two attached hydrogens (primary N) is 1. The molecule has 0 aliphatic carbocycles. The largest absolute Gasteiger partial charge is 0.342 e. The van der Waals surface area contributed by atoms with Crippen LogP contribution in [0, 0.1) is 12.7 Å². The average Bonchev–Trinajstić information content (AvgIpc) is 2.79. The number of nitrogens with one attached hydrogen (secondary N) is 1. The summed E-state index contributed by atoms with van der Waals surface area (Å²) in [4.78, 5) is 7.69. The second-order valence-electron chi connectivity index (χ2n) is 4.53. The maximum Gasteiger partial charge on any atom is 0.127 e.